The lowest BCUT2D eigenvalue weighted by Gasteiger charge is -2.00. The molecule has 1 aliphatic rings. The van der Waals surface area contributed by atoms with E-state index in [4.69, 9.17) is 10.7 Å². The van der Waals surface area contributed by atoms with Gasteiger partial charge < -0.3 is 0 Å². The van der Waals surface area contributed by atoms with Crippen molar-refractivity contribution in [1.82, 2.24) is 0 Å². The van der Waals surface area contributed by atoms with E-state index in [1.807, 2.05) is 0 Å². The average Bonchev–Trinajstić information content (AvgIpc) is 2.26. The molecule has 0 aromatic carbocycles. The third-order valence-electron chi connectivity index (χ3n) is 2.32. The number of allylic oxidation sites excluding steroid dienone is 1. The Labute approximate surface area is 84.4 Å². The van der Waals surface area contributed by atoms with E-state index in [0.717, 1.165) is 12.8 Å². The van der Waals surface area contributed by atoms with Crippen molar-refractivity contribution in [2.75, 3.05) is 5.75 Å². The minimum Gasteiger partial charge on any atom is -0.212 e. The van der Waals surface area contributed by atoms with Gasteiger partial charge in [-0.15, -0.1) is 0 Å². The minimum absolute atomic E-state index is 0.0100. The summed E-state index contributed by atoms with van der Waals surface area (Å²) in [6, 6.07) is 0. The first-order chi connectivity index (χ1) is 6.08. The fourth-order valence-corrected chi connectivity index (χ4v) is 2.23. The van der Waals surface area contributed by atoms with Crippen molar-refractivity contribution in [2.45, 2.75) is 38.5 Å². The van der Waals surface area contributed by atoms with Gasteiger partial charge in [-0.1, -0.05) is 24.5 Å². The molecule has 0 amide bonds. The van der Waals surface area contributed by atoms with Gasteiger partial charge in [0.15, 0.2) is 0 Å². The summed E-state index contributed by atoms with van der Waals surface area (Å²) in [5.74, 6) is -0.0100. The van der Waals surface area contributed by atoms with Crippen molar-refractivity contribution in [3.63, 3.8) is 0 Å². The number of hydrogen-bond donors (Lipinski definition) is 0. The van der Waals surface area contributed by atoms with Crippen LogP contribution >= 0.6 is 10.7 Å². The van der Waals surface area contributed by atoms with Crippen LogP contribution in [0.3, 0.4) is 0 Å². The van der Waals surface area contributed by atoms with E-state index in [1.165, 1.54) is 31.3 Å². The predicted molar refractivity (Wildman–Crippen MR) is 55.4 cm³/mol. The second-order valence-electron chi connectivity index (χ2n) is 3.48. The number of hydrogen-bond acceptors (Lipinski definition) is 2. The highest BCUT2D eigenvalue weighted by atomic mass is 35.7. The van der Waals surface area contributed by atoms with E-state index >= 15 is 0 Å². The molecule has 0 N–H and O–H groups in total. The summed E-state index contributed by atoms with van der Waals surface area (Å²) in [5, 5.41) is 0. The molecule has 1 rings (SSSR count). The standard InChI is InChI=1S/C9H15ClO2S/c10-13(11,12)8-7-9-5-3-1-2-4-6-9/h7H,1-6,8H2. The van der Waals surface area contributed by atoms with E-state index in [2.05, 4.69) is 0 Å². The Kier molecular flexibility index (Phi) is 4.26. The largest absolute Gasteiger partial charge is 0.236 e. The predicted octanol–water partition coefficient (Wildman–Crippen LogP) is 2.84. The molecule has 1 aliphatic carbocycles. The smallest absolute Gasteiger partial charge is 0.212 e. The van der Waals surface area contributed by atoms with Crippen LogP contribution < -0.4 is 0 Å². The number of rotatable bonds is 2. The molecule has 0 unspecified atom stereocenters. The Hall–Kier alpha value is -0.0200. The minimum atomic E-state index is -3.34. The maximum absolute atomic E-state index is 10.7. The molecule has 0 bridgehead atoms. The highest BCUT2D eigenvalue weighted by Gasteiger charge is 2.06. The zero-order chi connectivity index (χ0) is 9.73. The summed E-state index contributed by atoms with van der Waals surface area (Å²) in [7, 11) is 1.78. The highest BCUT2D eigenvalue weighted by Crippen LogP contribution is 2.22. The van der Waals surface area contributed by atoms with E-state index in [0.29, 0.717) is 0 Å². The second-order valence-corrected chi connectivity index (χ2v) is 6.30. The molecule has 76 valence electrons. The van der Waals surface area contributed by atoms with Crippen LogP contribution in [0.1, 0.15) is 38.5 Å². The first-order valence-corrected chi connectivity index (χ1v) is 7.16. The van der Waals surface area contributed by atoms with E-state index < -0.39 is 9.05 Å². The third-order valence-corrected chi connectivity index (χ3v) is 3.26. The van der Waals surface area contributed by atoms with Gasteiger partial charge in [-0.25, -0.2) is 8.42 Å². The number of halogens is 1. The van der Waals surface area contributed by atoms with Crippen molar-refractivity contribution in [1.29, 1.82) is 0 Å². The van der Waals surface area contributed by atoms with Crippen LogP contribution in [0.4, 0.5) is 0 Å². The van der Waals surface area contributed by atoms with Gasteiger partial charge in [-0.05, 0) is 25.7 Å². The molecular formula is C9H15ClO2S. The van der Waals surface area contributed by atoms with Crippen molar-refractivity contribution in [2.24, 2.45) is 0 Å². The van der Waals surface area contributed by atoms with Crippen LogP contribution in [0.5, 0.6) is 0 Å². The van der Waals surface area contributed by atoms with Gasteiger partial charge in [0, 0.05) is 10.7 Å². The molecule has 2 nitrogen and oxygen atoms in total. The first-order valence-electron chi connectivity index (χ1n) is 4.68. The molecule has 1 fully saturated rings. The molecule has 0 aromatic rings. The van der Waals surface area contributed by atoms with Crippen molar-refractivity contribution in [3.8, 4) is 0 Å². The summed E-state index contributed by atoms with van der Waals surface area (Å²) >= 11 is 0. The van der Waals surface area contributed by atoms with Gasteiger partial charge in [-0.3, -0.25) is 0 Å². The fourth-order valence-electron chi connectivity index (χ4n) is 1.60. The van der Waals surface area contributed by atoms with Crippen LogP contribution in [-0.4, -0.2) is 14.2 Å². The quantitative estimate of drug-likeness (QED) is 0.409. The van der Waals surface area contributed by atoms with Crippen molar-refractivity contribution < 1.29 is 8.42 Å². The van der Waals surface area contributed by atoms with Crippen molar-refractivity contribution >= 4 is 19.7 Å². The van der Waals surface area contributed by atoms with Gasteiger partial charge in [0.1, 0.15) is 0 Å². The summed E-state index contributed by atoms with van der Waals surface area (Å²) in [6.45, 7) is 0. The molecule has 0 spiro atoms. The first kappa shape index (κ1) is 11.1. The Morgan fingerprint density at radius 1 is 1.15 bits per heavy atom. The fraction of sp³-hybridized carbons (Fsp3) is 0.778. The molecule has 0 aliphatic heterocycles. The maximum atomic E-state index is 10.7. The van der Waals surface area contributed by atoms with Crippen LogP contribution in [0.25, 0.3) is 0 Å². The van der Waals surface area contributed by atoms with Gasteiger partial charge in [-0.2, -0.15) is 0 Å². The van der Waals surface area contributed by atoms with Gasteiger partial charge in [0.2, 0.25) is 9.05 Å². The summed E-state index contributed by atoms with van der Waals surface area (Å²) in [6.07, 6.45) is 8.80. The molecule has 0 saturated heterocycles. The van der Waals surface area contributed by atoms with Crippen LogP contribution in [0.2, 0.25) is 0 Å². The van der Waals surface area contributed by atoms with E-state index in [1.54, 1.807) is 6.08 Å². The molecule has 13 heavy (non-hydrogen) atoms. The molecule has 0 radical (unpaired) electrons. The summed E-state index contributed by atoms with van der Waals surface area (Å²) < 4.78 is 21.4. The van der Waals surface area contributed by atoms with E-state index in [9.17, 15) is 8.42 Å². The lowest BCUT2D eigenvalue weighted by atomic mass is 10.1. The third kappa shape index (κ3) is 5.32. The topological polar surface area (TPSA) is 34.1 Å². The molecule has 0 aromatic heterocycles. The lowest BCUT2D eigenvalue weighted by molar-refractivity contribution is 0.612. The molecule has 1 saturated carbocycles. The van der Waals surface area contributed by atoms with Gasteiger partial charge in [0.05, 0.1) is 5.75 Å². The summed E-state index contributed by atoms with van der Waals surface area (Å²) in [5.41, 5.74) is 1.27. The lowest BCUT2D eigenvalue weighted by Crippen LogP contribution is -1.94. The Balaban J connectivity index is 2.49. The van der Waals surface area contributed by atoms with Crippen LogP contribution in [0, 0.1) is 0 Å². The van der Waals surface area contributed by atoms with Crippen LogP contribution in [-0.2, 0) is 9.05 Å². The Morgan fingerprint density at radius 3 is 2.15 bits per heavy atom. The normalized spacial score (nSPS) is 19.6. The average molecular weight is 223 g/mol. The van der Waals surface area contributed by atoms with Gasteiger partial charge >= 0.3 is 0 Å². The molecular weight excluding hydrogens is 208 g/mol. The maximum Gasteiger partial charge on any atom is 0.236 e. The highest BCUT2D eigenvalue weighted by molar-refractivity contribution is 8.13. The van der Waals surface area contributed by atoms with Crippen LogP contribution in [0.15, 0.2) is 11.6 Å². The summed E-state index contributed by atoms with van der Waals surface area (Å²) in [4.78, 5) is 0. The Bertz CT molecular complexity index is 270. The molecule has 0 atom stereocenters. The monoisotopic (exact) mass is 222 g/mol. The SMILES string of the molecule is O=S(=O)(Cl)CC=C1CCCCCC1. The second kappa shape index (κ2) is 5.01. The van der Waals surface area contributed by atoms with Crippen molar-refractivity contribution in [3.05, 3.63) is 11.6 Å². The molecule has 0 heterocycles. The van der Waals surface area contributed by atoms with Gasteiger partial charge in [0.25, 0.3) is 0 Å². The molecule has 4 heteroatoms. The Morgan fingerprint density at radius 2 is 1.69 bits per heavy atom. The zero-order valence-electron chi connectivity index (χ0n) is 7.63. The van der Waals surface area contributed by atoms with E-state index in [-0.39, 0.29) is 5.75 Å². The zero-order valence-corrected chi connectivity index (χ0v) is 9.20.